The minimum Gasteiger partial charge on any atom is -0.497 e. The van der Waals surface area contributed by atoms with Gasteiger partial charge in [0.15, 0.2) is 5.82 Å². The van der Waals surface area contributed by atoms with Crippen LogP contribution in [0.15, 0.2) is 42.6 Å². The molecule has 9 nitrogen and oxygen atoms in total. The fraction of sp³-hybridized carbons (Fsp3) is 0.200. The molecule has 0 fully saturated rings. The van der Waals surface area contributed by atoms with Gasteiger partial charge >= 0.3 is 0 Å². The van der Waals surface area contributed by atoms with Crippen molar-refractivity contribution in [2.75, 3.05) is 35.8 Å². The number of hydrogen-bond acceptors (Lipinski definition) is 8. The zero-order valence-corrected chi connectivity index (χ0v) is 20.2. The van der Waals surface area contributed by atoms with E-state index in [1.165, 1.54) is 13.3 Å². The second-order valence-corrected chi connectivity index (χ2v) is 8.76. The van der Waals surface area contributed by atoms with E-state index in [1.807, 2.05) is 25.1 Å². The molecule has 0 radical (unpaired) electrons. The second kappa shape index (κ2) is 10.6. The van der Waals surface area contributed by atoms with Crippen molar-refractivity contribution < 1.29 is 17.9 Å². The summed E-state index contributed by atoms with van der Waals surface area (Å²) in [5.74, 6) is 1.77. The molecular weight excluding hydrogens is 477 g/mol. The van der Waals surface area contributed by atoms with Crippen LogP contribution < -0.4 is 24.8 Å². The van der Waals surface area contributed by atoms with Crippen molar-refractivity contribution in [2.24, 2.45) is 0 Å². The number of nitrogens with zero attached hydrogens (tertiary/aromatic N) is 2. The SMILES string of the molecule is COc1ccc(C)c(Nc2ncc(Cl)c(Nc3ccc(OC)cc3NS(C)(=O)=O)n2)c1.Cl. The normalized spacial score (nSPS) is 10.7. The maximum absolute atomic E-state index is 11.8. The van der Waals surface area contributed by atoms with E-state index < -0.39 is 10.0 Å². The standard InChI is InChI=1S/C20H22ClN5O4S.ClH/c1-12-5-6-13(29-2)9-17(12)24-20-22-11-15(21)19(25-20)23-16-8-7-14(30-3)10-18(16)26-31(4,27)28;/h5-11,26H,1-4H3,(H2,22,23,24,25);1H. The van der Waals surface area contributed by atoms with Crippen molar-refractivity contribution in [3.63, 3.8) is 0 Å². The Labute approximate surface area is 198 Å². The third kappa shape index (κ3) is 6.52. The van der Waals surface area contributed by atoms with Crippen LogP contribution in [-0.2, 0) is 10.0 Å². The summed E-state index contributed by atoms with van der Waals surface area (Å²) in [4.78, 5) is 8.64. The van der Waals surface area contributed by atoms with Crippen LogP contribution in [0.25, 0.3) is 0 Å². The lowest BCUT2D eigenvalue weighted by atomic mass is 10.2. The monoisotopic (exact) mass is 499 g/mol. The maximum atomic E-state index is 11.8. The topological polar surface area (TPSA) is 114 Å². The Balaban J connectivity index is 0.00000363. The van der Waals surface area contributed by atoms with Crippen molar-refractivity contribution in [3.8, 4) is 11.5 Å². The number of methoxy groups -OCH3 is 2. The largest absolute Gasteiger partial charge is 0.497 e. The highest BCUT2D eigenvalue weighted by Gasteiger charge is 2.13. The first-order chi connectivity index (χ1) is 14.7. The summed E-state index contributed by atoms with van der Waals surface area (Å²) >= 11 is 6.27. The van der Waals surface area contributed by atoms with Crippen molar-refractivity contribution in [1.29, 1.82) is 0 Å². The highest BCUT2D eigenvalue weighted by Crippen LogP contribution is 2.33. The van der Waals surface area contributed by atoms with Crippen LogP contribution in [0.5, 0.6) is 11.5 Å². The van der Waals surface area contributed by atoms with E-state index in [-0.39, 0.29) is 23.1 Å². The van der Waals surface area contributed by atoms with E-state index in [4.69, 9.17) is 21.1 Å². The Morgan fingerprint density at radius 2 is 1.56 bits per heavy atom. The van der Waals surface area contributed by atoms with Crippen molar-refractivity contribution in [1.82, 2.24) is 9.97 Å². The zero-order chi connectivity index (χ0) is 22.6. The summed E-state index contributed by atoms with van der Waals surface area (Å²) in [6.45, 7) is 1.94. The van der Waals surface area contributed by atoms with Crippen molar-refractivity contribution in [2.45, 2.75) is 6.92 Å². The van der Waals surface area contributed by atoms with Gasteiger partial charge < -0.3 is 20.1 Å². The van der Waals surface area contributed by atoms with Gasteiger partial charge in [0.1, 0.15) is 16.5 Å². The molecule has 3 N–H and O–H groups in total. The first kappa shape index (κ1) is 25.3. The van der Waals surface area contributed by atoms with E-state index in [0.717, 1.165) is 17.5 Å². The molecule has 12 heteroatoms. The molecule has 0 saturated carbocycles. The smallest absolute Gasteiger partial charge is 0.229 e. The molecule has 1 heterocycles. The molecule has 0 aliphatic carbocycles. The van der Waals surface area contributed by atoms with Gasteiger partial charge in [-0.05, 0) is 30.7 Å². The predicted octanol–water partition coefficient (Wildman–Crippen LogP) is 4.74. The minimum absolute atomic E-state index is 0. The molecule has 0 aliphatic heterocycles. The van der Waals surface area contributed by atoms with Gasteiger partial charge in [-0.2, -0.15) is 4.98 Å². The van der Waals surface area contributed by atoms with Gasteiger partial charge in [-0.15, -0.1) is 12.4 Å². The summed E-state index contributed by atoms with van der Waals surface area (Å²) in [7, 11) is -0.441. The average molecular weight is 500 g/mol. The van der Waals surface area contributed by atoms with Crippen LogP contribution in [0.4, 0.5) is 28.8 Å². The first-order valence-corrected chi connectivity index (χ1v) is 11.3. The lowest BCUT2D eigenvalue weighted by Crippen LogP contribution is -2.11. The molecule has 0 amide bonds. The van der Waals surface area contributed by atoms with E-state index in [2.05, 4.69) is 25.3 Å². The van der Waals surface area contributed by atoms with Crippen LogP contribution in [0.1, 0.15) is 5.56 Å². The number of halogens is 2. The van der Waals surface area contributed by atoms with Crippen molar-refractivity contribution in [3.05, 3.63) is 53.2 Å². The molecule has 2 aromatic carbocycles. The highest BCUT2D eigenvalue weighted by atomic mass is 35.5. The molecular formula is C20H23Cl2N5O4S. The highest BCUT2D eigenvalue weighted by molar-refractivity contribution is 7.92. The molecule has 0 unspecified atom stereocenters. The van der Waals surface area contributed by atoms with Crippen LogP contribution in [0.2, 0.25) is 5.02 Å². The Morgan fingerprint density at radius 1 is 0.938 bits per heavy atom. The zero-order valence-electron chi connectivity index (χ0n) is 17.8. The Bertz CT molecular complexity index is 1210. The third-order valence-corrected chi connectivity index (χ3v) is 5.08. The number of anilines is 5. The molecule has 1 aromatic heterocycles. The molecule has 0 aliphatic rings. The number of hydrogen-bond donors (Lipinski definition) is 3. The van der Waals surface area contributed by atoms with Gasteiger partial charge in [-0.25, -0.2) is 13.4 Å². The number of rotatable bonds is 8. The van der Waals surface area contributed by atoms with Gasteiger partial charge in [0, 0.05) is 17.8 Å². The van der Waals surface area contributed by atoms with Crippen LogP contribution in [0.3, 0.4) is 0 Å². The maximum Gasteiger partial charge on any atom is 0.229 e. The number of ether oxygens (including phenoxy) is 2. The van der Waals surface area contributed by atoms with E-state index in [1.54, 1.807) is 25.3 Å². The fourth-order valence-corrected chi connectivity index (χ4v) is 3.38. The molecule has 0 atom stereocenters. The first-order valence-electron chi connectivity index (χ1n) is 9.05. The van der Waals surface area contributed by atoms with Gasteiger partial charge in [0.2, 0.25) is 16.0 Å². The van der Waals surface area contributed by atoms with Crippen molar-refractivity contribution >= 4 is 62.9 Å². The average Bonchev–Trinajstić information content (AvgIpc) is 2.72. The molecule has 0 spiro atoms. The lowest BCUT2D eigenvalue weighted by molar-refractivity contribution is 0.415. The summed E-state index contributed by atoms with van der Waals surface area (Å²) in [6.07, 6.45) is 2.51. The third-order valence-electron chi connectivity index (χ3n) is 4.21. The molecule has 0 bridgehead atoms. The quantitative estimate of drug-likeness (QED) is 0.407. The van der Waals surface area contributed by atoms with Gasteiger partial charge in [-0.3, -0.25) is 4.72 Å². The van der Waals surface area contributed by atoms with E-state index in [9.17, 15) is 8.42 Å². The Kier molecular flexibility index (Phi) is 8.37. The summed E-state index contributed by atoms with van der Waals surface area (Å²) in [6, 6.07) is 10.5. The van der Waals surface area contributed by atoms with Crippen LogP contribution in [0, 0.1) is 6.92 Å². The molecule has 0 saturated heterocycles. The van der Waals surface area contributed by atoms with E-state index in [0.29, 0.717) is 29.0 Å². The molecule has 3 aromatic rings. The number of benzene rings is 2. The Hall–Kier alpha value is -2.95. The number of aryl methyl sites for hydroxylation is 1. The van der Waals surface area contributed by atoms with Crippen LogP contribution >= 0.6 is 24.0 Å². The molecule has 32 heavy (non-hydrogen) atoms. The summed E-state index contributed by atoms with van der Waals surface area (Å²) < 4.78 is 36.4. The van der Waals surface area contributed by atoms with E-state index >= 15 is 0 Å². The van der Waals surface area contributed by atoms with Gasteiger partial charge in [0.25, 0.3) is 0 Å². The number of sulfonamides is 1. The lowest BCUT2D eigenvalue weighted by Gasteiger charge is -2.15. The predicted molar refractivity (Wildman–Crippen MR) is 130 cm³/mol. The minimum atomic E-state index is -3.52. The molecule has 3 rings (SSSR count). The molecule has 172 valence electrons. The Morgan fingerprint density at radius 3 is 2.19 bits per heavy atom. The second-order valence-electron chi connectivity index (χ2n) is 6.61. The number of aromatic nitrogens is 2. The van der Waals surface area contributed by atoms with Crippen LogP contribution in [-0.4, -0.2) is 38.9 Å². The van der Waals surface area contributed by atoms with Gasteiger partial charge in [-0.1, -0.05) is 17.7 Å². The fourth-order valence-electron chi connectivity index (χ4n) is 2.67. The van der Waals surface area contributed by atoms with Gasteiger partial charge in [0.05, 0.1) is 38.0 Å². The number of nitrogens with one attached hydrogen (secondary N) is 3. The summed E-state index contributed by atoms with van der Waals surface area (Å²) in [5.41, 5.74) is 2.48. The summed E-state index contributed by atoms with van der Waals surface area (Å²) in [5, 5.41) is 6.45.